The quantitative estimate of drug-likeness (QED) is 0.556. The molecule has 3 aromatic carbocycles. The number of amides is 1. The second kappa shape index (κ2) is 6.68. The summed E-state index contributed by atoms with van der Waals surface area (Å²) >= 11 is 0. The van der Waals surface area contributed by atoms with Gasteiger partial charge < -0.3 is 9.88 Å². The Hall–Kier alpha value is -3.47. The van der Waals surface area contributed by atoms with E-state index in [0.717, 1.165) is 5.56 Å². The molecule has 4 aromatic rings. The number of para-hydroxylation sites is 1. The fraction of sp³-hybridized carbons (Fsp3) is 0.0909. The molecule has 134 valence electrons. The number of carbonyl (C=O) groups is 1. The summed E-state index contributed by atoms with van der Waals surface area (Å²) in [4.78, 5) is 25.3. The minimum absolute atomic E-state index is 0.0107. The fourth-order valence-corrected chi connectivity index (χ4v) is 3.25. The van der Waals surface area contributed by atoms with Gasteiger partial charge in [-0.1, -0.05) is 29.8 Å². The Morgan fingerprint density at radius 3 is 2.44 bits per heavy atom. The average Bonchev–Trinajstić information content (AvgIpc) is 2.67. The number of aromatic nitrogens is 1. The molecule has 4 nitrogen and oxygen atoms in total. The Morgan fingerprint density at radius 2 is 1.67 bits per heavy atom. The molecule has 1 N–H and O–H groups in total. The molecule has 0 atom stereocenters. The summed E-state index contributed by atoms with van der Waals surface area (Å²) in [6.45, 7) is 1.99. The molecule has 0 bridgehead atoms. The van der Waals surface area contributed by atoms with E-state index < -0.39 is 5.82 Å². The number of hydrogen-bond acceptors (Lipinski definition) is 2. The van der Waals surface area contributed by atoms with Crippen LogP contribution in [0.2, 0.25) is 0 Å². The van der Waals surface area contributed by atoms with Gasteiger partial charge in [-0.25, -0.2) is 4.39 Å². The van der Waals surface area contributed by atoms with E-state index in [-0.39, 0.29) is 23.3 Å². The van der Waals surface area contributed by atoms with Gasteiger partial charge in [0.25, 0.3) is 0 Å². The predicted octanol–water partition coefficient (Wildman–Crippen LogP) is 4.24. The molecule has 0 aliphatic rings. The molecule has 0 radical (unpaired) electrons. The number of halogens is 1. The van der Waals surface area contributed by atoms with Crippen molar-refractivity contribution in [3.05, 3.63) is 88.3 Å². The molecule has 0 spiro atoms. The highest BCUT2D eigenvalue weighted by atomic mass is 19.1. The smallest absolute Gasteiger partial charge is 0.244 e. The van der Waals surface area contributed by atoms with Crippen molar-refractivity contribution in [3.63, 3.8) is 0 Å². The summed E-state index contributed by atoms with van der Waals surface area (Å²) in [5.74, 6) is -0.705. The van der Waals surface area contributed by atoms with Crippen LogP contribution in [0.4, 0.5) is 10.1 Å². The zero-order chi connectivity index (χ0) is 19.0. The van der Waals surface area contributed by atoms with Crippen LogP contribution in [0.5, 0.6) is 0 Å². The lowest BCUT2D eigenvalue weighted by atomic mass is 10.1. The van der Waals surface area contributed by atoms with Crippen molar-refractivity contribution >= 4 is 33.4 Å². The SMILES string of the molecule is Cc1ccc(NC(=O)Cn2c3ccccc3c(=O)c3cc(F)ccc32)cc1. The highest BCUT2D eigenvalue weighted by molar-refractivity contribution is 5.97. The normalized spacial score (nSPS) is 11.0. The van der Waals surface area contributed by atoms with Crippen LogP contribution in [0.1, 0.15) is 5.56 Å². The van der Waals surface area contributed by atoms with Crippen molar-refractivity contribution in [2.45, 2.75) is 13.5 Å². The van der Waals surface area contributed by atoms with E-state index in [4.69, 9.17) is 0 Å². The van der Waals surface area contributed by atoms with Crippen LogP contribution >= 0.6 is 0 Å². The fourth-order valence-electron chi connectivity index (χ4n) is 3.25. The molecular formula is C22H17FN2O2. The van der Waals surface area contributed by atoms with Crippen LogP contribution in [0.15, 0.2) is 71.5 Å². The van der Waals surface area contributed by atoms with E-state index in [1.807, 2.05) is 37.3 Å². The van der Waals surface area contributed by atoms with Crippen LogP contribution in [0.3, 0.4) is 0 Å². The third-order valence-electron chi connectivity index (χ3n) is 4.57. The molecule has 4 rings (SSSR count). The van der Waals surface area contributed by atoms with Gasteiger partial charge in [-0.2, -0.15) is 0 Å². The Balaban J connectivity index is 1.81. The number of fused-ring (bicyclic) bond motifs is 2. The Morgan fingerprint density at radius 1 is 0.963 bits per heavy atom. The van der Waals surface area contributed by atoms with Crippen molar-refractivity contribution in [1.82, 2.24) is 4.57 Å². The molecule has 1 heterocycles. The first-order valence-electron chi connectivity index (χ1n) is 8.60. The lowest BCUT2D eigenvalue weighted by Gasteiger charge is -2.15. The molecule has 1 amide bonds. The van der Waals surface area contributed by atoms with Crippen molar-refractivity contribution in [2.75, 3.05) is 5.32 Å². The maximum atomic E-state index is 13.7. The predicted molar refractivity (Wildman–Crippen MR) is 105 cm³/mol. The van der Waals surface area contributed by atoms with Gasteiger partial charge in [-0.15, -0.1) is 0 Å². The number of nitrogens with zero attached hydrogens (tertiary/aromatic N) is 1. The van der Waals surface area contributed by atoms with Gasteiger partial charge in [0.05, 0.1) is 11.0 Å². The molecule has 0 aliphatic heterocycles. The van der Waals surface area contributed by atoms with E-state index in [1.165, 1.54) is 18.2 Å². The van der Waals surface area contributed by atoms with E-state index >= 15 is 0 Å². The zero-order valence-electron chi connectivity index (χ0n) is 14.7. The van der Waals surface area contributed by atoms with Gasteiger partial charge in [-0.05, 0) is 49.4 Å². The molecular weight excluding hydrogens is 343 g/mol. The number of pyridine rings is 1. The van der Waals surface area contributed by atoms with E-state index in [9.17, 15) is 14.0 Å². The van der Waals surface area contributed by atoms with Gasteiger partial charge in [0, 0.05) is 16.5 Å². The van der Waals surface area contributed by atoms with Gasteiger partial charge in [0.1, 0.15) is 12.4 Å². The number of hydrogen-bond donors (Lipinski definition) is 1. The van der Waals surface area contributed by atoms with Crippen molar-refractivity contribution in [1.29, 1.82) is 0 Å². The number of nitrogens with one attached hydrogen (secondary N) is 1. The second-order valence-electron chi connectivity index (χ2n) is 6.51. The minimum Gasteiger partial charge on any atom is -0.331 e. The molecule has 1 aromatic heterocycles. The van der Waals surface area contributed by atoms with Gasteiger partial charge in [0.2, 0.25) is 5.91 Å². The Kier molecular flexibility index (Phi) is 4.20. The zero-order valence-corrected chi connectivity index (χ0v) is 14.7. The van der Waals surface area contributed by atoms with E-state index in [0.29, 0.717) is 22.1 Å². The molecule has 0 saturated carbocycles. The van der Waals surface area contributed by atoms with Crippen LogP contribution < -0.4 is 10.7 Å². The highest BCUT2D eigenvalue weighted by Gasteiger charge is 2.14. The topological polar surface area (TPSA) is 51.1 Å². The minimum atomic E-state index is -0.481. The number of carbonyl (C=O) groups excluding carboxylic acids is 1. The standard InChI is InChI=1S/C22H17FN2O2/c1-14-6-9-16(10-7-14)24-21(26)13-25-19-5-3-2-4-17(19)22(27)18-12-15(23)8-11-20(18)25/h2-12H,13H2,1H3,(H,24,26). The molecule has 0 fully saturated rings. The van der Waals surface area contributed by atoms with Gasteiger partial charge in [0.15, 0.2) is 5.43 Å². The number of aryl methyl sites for hydroxylation is 1. The highest BCUT2D eigenvalue weighted by Crippen LogP contribution is 2.20. The summed E-state index contributed by atoms with van der Waals surface area (Å²) < 4.78 is 15.4. The van der Waals surface area contributed by atoms with E-state index in [1.54, 1.807) is 22.8 Å². The first kappa shape index (κ1) is 17.0. The van der Waals surface area contributed by atoms with Crippen LogP contribution in [0.25, 0.3) is 21.8 Å². The summed E-state index contributed by atoms with van der Waals surface area (Å²) in [5.41, 5.74) is 2.73. The third-order valence-corrected chi connectivity index (χ3v) is 4.57. The van der Waals surface area contributed by atoms with Crippen LogP contribution in [-0.2, 0) is 11.3 Å². The first-order chi connectivity index (χ1) is 13.0. The summed E-state index contributed by atoms with van der Waals surface area (Å²) in [6, 6.07) is 18.6. The third kappa shape index (κ3) is 3.19. The van der Waals surface area contributed by atoms with Crippen LogP contribution in [-0.4, -0.2) is 10.5 Å². The van der Waals surface area contributed by atoms with Crippen molar-refractivity contribution in [2.24, 2.45) is 0 Å². The first-order valence-corrected chi connectivity index (χ1v) is 8.60. The molecule has 27 heavy (non-hydrogen) atoms. The maximum absolute atomic E-state index is 13.7. The lowest BCUT2D eigenvalue weighted by Crippen LogP contribution is -2.21. The maximum Gasteiger partial charge on any atom is 0.244 e. The lowest BCUT2D eigenvalue weighted by molar-refractivity contribution is -0.116. The molecule has 0 saturated heterocycles. The summed E-state index contributed by atoms with van der Waals surface area (Å²) in [5, 5.41) is 3.58. The molecule has 5 heteroatoms. The number of benzene rings is 3. The molecule has 0 unspecified atom stereocenters. The van der Waals surface area contributed by atoms with Crippen molar-refractivity contribution in [3.8, 4) is 0 Å². The summed E-state index contributed by atoms with van der Waals surface area (Å²) in [7, 11) is 0. The Labute approximate surface area is 154 Å². The Bertz CT molecular complexity index is 1230. The van der Waals surface area contributed by atoms with Gasteiger partial charge >= 0.3 is 0 Å². The van der Waals surface area contributed by atoms with Crippen LogP contribution in [0, 0.1) is 12.7 Å². The summed E-state index contributed by atoms with van der Waals surface area (Å²) in [6.07, 6.45) is 0. The molecule has 0 aliphatic carbocycles. The van der Waals surface area contributed by atoms with E-state index in [2.05, 4.69) is 5.32 Å². The number of anilines is 1. The monoisotopic (exact) mass is 360 g/mol. The second-order valence-corrected chi connectivity index (χ2v) is 6.51. The van der Waals surface area contributed by atoms with Gasteiger partial charge in [-0.3, -0.25) is 9.59 Å². The van der Waals surface area contributed by atoms with Crippen molar-refractivity contribution < 1.29 is 9.18 Å². The largest absolute Gasteiger partial charge is 0.331 e. The number of rotatable bonds is 3. The average molecular weight is 360 g/mol.